The molecule has 0 amide bonds. The molecular formula is C15H14F2O2. The SMILES string of the molecule is COc1cccc(F)c1C(O)Cc1ccc(F)cc1. The molecular weight excluding hydrogens is 250 g/mol. The molecule has 100 valence electrons. The van der Waals surface area contributed by atoms with Gasteiger partial charge in [0.05, 0.1) is 18.8 Å². The first-order valence-electron chi connectivity index (χ1n) is 5.86. The van der Waals surface area contributed by atoms with E-state index in [1.54, 1.807) is 18.2 Å². The zero-order chi connectivity index (χ0) is 13.8. The summed E-state index contributed by atoms with van der Waals surface area (Å²) in [5.74, 6) is -0.565. The van der Waals surface area contributed by atoms with E-state index in [1.165, 1.54) is 31.4 Å². The van der Waals surface area contributed by atoms with E-state index in [0.717, 1.165) is 5.56 Å². The summed E-state index contributed by atoms with van der Waals surface area (Å²) < 4.78 is 31.6. The fraction of sp³-hybridized carbons (Fsp3) is 0.200. The maximum absolute atomic E-state index is 13.8. The Morgan fingerprint density at radius 3 is 2.42 bits per heavy atom. The molecule has 0 spiro atoms. The number of methoxy groups -OCH3 is 1. The number of rotatable bonds is 4. The summed E-state index contributed by atoms with van der Waals surface area (Å²) in [7, 11) is 1.42. The van der Waals surface area contributed by atoms with Crippen LogP contribution in [0.1, 0.15) is 17.2 Å². The van der Waals surface area contributed by atoms with Crippen LogP contribution in [0, 0.1) is 11.6 Å². The highest BCUT2D eigenvalue weighted by atomic mass is 19.1. The van der Waals surface area contributed by atoms with Crippen LogP contribution in [0.4, 0.5) is 8.78 Å². The Morgan fingerprint density at radius 2 is 1.79 bits per heavy atom. The summed E-state index contributed by atoms with van der Waals surface area (Å²) in [6, 6.07) is 10.1. The number of halogens is 2. The van der Waals surface area contributed by atoms with Crippen LogP contribution >= 0.6 is 0 Å². The second-order valence-corrected chi connectivity index (χ2v) is 4.20. The van der Waals surface area contributed by atoms with Gasteiger partial charge >= 0.3 is 0 Å². The molecule has 0 aromatic heterocycles. The quantitative estimate of drug-likeness (QED) is 0.918. The molecule has 2 nitrogen and oxygen atoms in total. The molecule has 0 saturated heterocycles. The average molecular weight is 264 g/mol. The standard InChI is InChI=1S/C15H14F2O2/c1-19-14-4-2-3-12(17)15(14)13(18)9-10-5-7-11(16)8-6-10/h2-8,13,18H,9H2,1H3. The highest BCUT2D eigenvalue weighted by molar-refractivity contribution is 5.37. The molecule has 4 heteroatoms. The molecule has 0 heterocycles. The predicted molar refractivity (Wildman–Crippen MR) is 68.0 cm³/mol. The van der Waals surface area contributed by atoms with Gasteiger partial charge in [-0.05, 0) is 29.8 Å². The lowest BCUT2D eigenvalue weighted by molar-refractivity contribution is 0.169. The molecule has 0 fully saturated rings. The van der Waals surface area contributed by atoms with Crippen molar-refractivity contribution in [2.45, 2.75) is 12.5 Å². The Kier molecular flexibility index (Phi) is 4.12. The van der Waals surface area contributed by atoms with Gasteiger partial charge in [-0.1, -0.05) is 18.2 Å². The van der Waals surface area contributed by atoms with Crippen molar-refractivity contribution in [3.05, 3.63) is 65.2 Å². The summed E-state index contributed by atoms with van der Waals surface area (Å²) in [4.78, 5) is 0. The van der Waals surface area contributed by atoms with Crippen LogP contribution < -0.4 is 4.74 Å². The van der Waals surface area contributed by atoms with E-state index in [4.69, 9.17) is 4.74 Å². The molecule has 0 radical (unpaired) electrons. The Balaban J connectivity index is 2.24. The van der Waals surface area contributed by atoms with Gasteiger partial charge in [0.25, 0.3) is 0 Å². The number of aliphatic hydroxyl groups is 1. The van der Waals surface area contributed by atoms with Gasteiger partial charge in [-0.25, -0.2) is 8.78 Å². The lowest BCUT2D eigenvalue weighted by Crippen LogP contribution is -2.06. The van der Waals surface area contributed by atoms with Crippen LogP contribution in [0.15, 0.2) is 42.5 Å². The summed E-state index contributed by atoms with van der Waals surface area (Å²) in [5, 5.41) is 10.1. The smallest absolute Gasteiger partial charge is 0.132 e. The highest BCUT2D eigenvalue weighted by Gasteiger charge is 2.18. The Hall–Kier alpha value is -1.94. The topological polar surface area (TPSA) is 29.5 Å². The van der Waals surface area contributed by atoms with Gasteiger partial charge in [0.15, 0.2) is 0 Å². The molecule has 1 N–H and O–H groups in total. The fourth-order valence-electron chi connectivity index (χ4n) is 1.96. The van der Waals surface area contributed by atoms with Crippen LogP contribution in [-0.2, 0) is 6.42 Å². The van der Waals surface area contributed by atoms with Gasteiger partial charge in [0.1, 0.15) is 17.4 Å². The molecule has 0 aliphatic carbocycles. The van der Waals surface area contributed by atoms with Gasteiger partial charge in [-0.3, -0.25) is 0 Å². The van der Waals surface area contributed by atoms with Gasteiger partial charge < -0.3 is 9.84 Å². The Labute approximate surface area is 110 Å². The van der Waals surface area contributed by atoms with E-state index in [0.29, 0.717) is 5.75 Å². The van der Waals surface area contributed by atoms with Gasteiger partial charge in [0.2, 0.25) is 0 Å². The van der Waals surface area contributed by atoms with E-state index >= 15 is 0 Å². The van der Waals surface area contributed by atoms with Gasteiger partial charge in [0, 0.05) is 6.42 Å². The first-order chi connectivity index (χ1) is 9.11. The van der Waals surface area contributed by atoms with Crippen molar-refractivity contribution in [3.63, 3.8) is 0 Å². The molecule has 19 heavy (non-hydrogen) atoms. The maximum Gasteiger partial charge on any atom is 0.132 e. The normalized spacial score (nSPS) is 12.2. The molecule has 0 aliphatic rings. The highest BCUT2D eigenvalue weighted by Crippen LogP contribution is 2.29. The molecule has 1 unspecified atom stereocenters. The van der Waals surface area contributed by atoms with Crippen LogP contribution in [-0.4, -0.2) is 12.2 Å². The summed E-state index contributed by atoms with van der Waals surface area (Å²) in [6.07, 6.45) is -0.848. The minimum Gasteiger partial charge on any atom is -0.496 e. The third-order valence-corrected chi connectivity index (χ3v) is 2.91. The number of ether oxygens (including phenoxy) is 1. The summed E-state index contributed by atoms with van der Waals surface area (Å²) >= 11 is 0. The average Bonchev–Trinajstić information content (AvgIpc) is 2.40. The Bertz CT molecular complexity index is 553. The minimum absolute atomic E-state index is 0.120. The second-order valence-electron chi connectivity index (χ2n) is 4.20. The van der Waals surface area contributed by atoms with E-state index in [9.17, 15) is 13.9 Å². The summed E-state index contributed by atoms with van der Waals surface area (Å²) in [5.41, 5.74) is 0.841. The van der Waals surface area contributed by atoms with Crippen LogP contribution in [0.3, 0.4) is 0 Å². The van der Waals surface area contributed by atoms with Crippen molar-refractivity contribution >= 4 is 0 Å². The van der Waals surface area contributed by atoms with Crippen molar-refractivity contribution in [1.82, 2.24) is 0 Å². The largest absolute Gasteiger partial charge is 0.496 e. The molecule has 1 atom stereocenters. The molecule has 0 saturated carbocycles. The zero-order valence-corrected chi connectivity index (χ0v) is 10.4. The predicted octanol–water partition coefficient (Wildman–Crippen LogP) is 3.25. The monoisotopic (exact) mass is 264 g/mol. The lowest BCUT2D eigenvalue weighted by atomic mass is 10.00. The number of hydrogen-bond acceptors (Lipinski definition) is 2. The number of hydrogen-bond donors (Lipinski definition) is 1. The zero-order valence-electron chi connectivity index (χ0n) is 10.4. The summed E-state index contributed by atoms with van der Waals surface area (Å²) in [6.45, 7) is 0. The van der Waals surface area contributed by atoms with Crippen LogP contribution in [0.5, 0.6) is 5.75 Å². The minimum atomic E-state index is -1.04. The first-order valence-corrected chi connectivity index (χ1v) is 5.86. The van der Waals surface area contributed by atoms with Crippen molar-refractivity contribution in [2.24, 2.45) is 0 Å². The van der Waals surface area contributed by atoms with Gasteiger partial charge in [-0.2, -0.15) is 0 Å². The fourth-order valence-corrected chi connectivity index (χ4v) is 1.96. The van der Waals surface area contributed by atoms with E-state index in [-0.39, 0.29) is 17.8 Å². The van der Waals surface area contributed by atoms with Crippen molar-refractivity contribution in [1.29, 1.82) is 0 Å². The molecule has 2 aromatic carbocycles. The lowest BCUT2D eigenvalue weighted by Gasteiger charge is -2.15. The van der Waals surface area contributed by atoms with Crippen LogP contribution in [0.2, 0.25) is 0 Å². The van der Waals surface area contributed by atoms with Crippen LogP contribution in [0.25, 0.3) is 0 Å². The van der Waals surface area contributed by atoms with Crippen molar-refractivity contribution in [2.75, 3.05) is 7.11 Å². The third kappa shape index (κ3) is 3.09. The molecule has 0 bridgehead atoms. The van der Waals surface area contributed by atoms with Crippen molar-refractivity contribution < 1.29 is 18.6 Å². The molecule has 2 rings (SSSR count). The molecule has 0 aliphatic heterocycles. The van der Waals surface area contributed by atoms with E-state index < -0.39 is 11.9 Å². The number of benzene rings is 2. The first kappa shape index (κ1) is 13.5. The maximum atomic E-state index is 13.8. The van der Waals surface area contributed by atoms with Gasteiger partial charge in [-0.15, -0.1) is 0 Å². The van der Waals surface area contributed by atoms with E-state index in [2.05, 4.69) is 0 Å². The van der Waals surface area contributed by atoms with Crippen molar-refractivity contribution in [3.8, 4) is 5.75 Å². The third-order valence-electron chi connectivity index (χ3n) is 2.91. The molecule has 2 aromatic rings. The number of aliphatic hydroxyl groups excluding tert-OH is 1. The Morgan fingerprint density at radius 1 is 1.11 bits per heavy atom. The second kappa shape index (κ2) is 5.80. The van der Waals surface area contributed by atoms with E-state index in [1.807, 2.05) is 0 Å².